The highest BCUT2D eigenvalue weighted by Crippen LogP contribution is 2.26. The third-order valence-electron chi connectivity index (χ3n) is 4.39. The third kappa shape index (κ3) is 5.43. The van der Waals surface area contributed by atoms with Gasteiger partial charge in [0.25, 0.3) is 5.91 Å². The van der Waals surface area contributed by atoms with Gasteiger partial charge in [0.05, 0.1) is 6.04 Å². The van der Waals surface area contributed by atoms with Gasteiger partial charge in [-0.15, -0.1) is 0 Å². The van der Waals surface area contributed by atoms with E-state index < -0.39 is 29.7 Å². The molecule has 3 rings (SSSR count). The molecule has 1 unspecified atom stereocenters. The number of carbonyl (C=O) groups is 2. The first-order valence-electron chi connectivity index (χ1n) is 9.08. The first kappa shape index (κ1) is 21.9. The summed E-state index contributed by atoms with van der Waals surface area (Å²) >= 11 is 9.34. The van der Waals surface area contributed by atoms with Crippen molar-refractivity contribution in [2.45, 2.75) is 19.0 Å². The van der Waals surface area contributed by atoms with Gasteiger partial charge in [-0.3, -0.25) is 9.59 Å². The molecule has 0 radical (unpaired) electrons. The Kier molecular flexibility index (Phi) is 7.18. The van der Waals surface area contributed by atoms with E-state index in [9.17, 15) is 14.0 Å². The number of benzene rings is 2. The summed E-state index contributed by atoms with van der Waals surface area (Å²) in [6.45, 7) is 1.54. The van der Waals surface area contributed by atoms with Crippen molar-refractivity contribution in [2.75, 3.05) is 0 Å². The van der Waals surface area contributed by atoms with E-state index in [0.29, 0.717) is 16.1 Å². The minimum atomic E-state index is -0.878. The van der Waals surface area contributed by atoms with Crippen molar-refractivity contribution in [3.8, 4) is 0 Å². The first-order valence-corrected chi connectivity index (χ1v) is 10.2. The average Bonchev–Trinajstić information content (AvgIpc) is 2.73. The minimum Gasteiger partial charge on any atom is -0.343 e. The summed E-state index contributed by atoms with van der Waals surface area (Å²) < 4.78 is 15.2. The van der Waals surface area contributed by atoms with Crippen molar-refractivity contribution in [3.63, 3.8) is 0 Å². The Hall–Kier alpha value is -2.77. The Balaban J connectivity index is 1.80. The second-order valence-corrected chi connectivity index (χ2v) is 7.93. The molecule has 0 saturated heterocycles. The molecule has 2 aromatic carbocycles. The molecule has 0 aliphatic rings. The zero-order valence-electron chi connectivity index (χ0n) is 15.9. The monoisotopic (exact) mass is 489 g/mol. The fraction of sp³-hybridized carbons (Fsp3) is 0.136. The van der Waals surface area contributed by atoms with Crippen LogP contribution in [-0.2, 0) is 4.79 Å². The number of nitrogens with one attached hydrogen (secondary N) is 2. The van der Waals surface area contributed by atoms with E-state index in [1.807, 2.05) is 0 Å². The number of amides is 2. The number of pyridine rings is 1. The van der Waals surface area contributed by atoms with Crippen LogP contribution >= 0.6 is 27.5 Å². The van der Waals surface area contributed by atoms with Gasteiger partial charge in [-0.2, -0.15) is 0 Å². The molecule has 0 spiro atoms. The van der Waals surface area contributed by atoms with Gasteiger partial charge in [0.2, 0.25) is 5.91 Å². The Morgan fingerprint density at radius 3 is 2.50 bits per heavy atom. The SMILES string of the molecule is C[C@@H](NC(=O)c1ccc(Br)cn1)C(=O)NC(c1cccc(Cl)c1)c1ccccc1F. The van der Waals surface area contributed by atoms with Crippen molar-refractivity contribution in [1.82, 2.24) is 15.6 Å². The molecule has 2 atom stereocenters. The van der Waals surface area contributed by atoms with E-state index in [2.05, 4.69) is 31.5 Å². The van der Waals surface area contributed by atoms with Crippen molar-refractivity contribution >= 4 is 39.3 Å². The molecule has 0 bridgehead atoms. The zero-order valence-corrected chi connectivity index (χ0v) is 18.2. The van der Waals surface area contributed by atoms with Crippen molar-refractivity contribution in [1.29, 1.82) is 0 Å². The quantitative estimate of drug-likeness (QED) is 0.528. The van der Waals surface area contributed by atoms with E-state index in [0.717, 1.165) is 4.47 Å². The lowest BCUT2D eigenvalue weighted by atomic mass is 9.97. The molecule has 8 heteroatoms. The van der Waals surface area contributed by atoms with Gasteiger partial charge in [-0.25, -0.2) is 9.37 Å². The maximum Gasteiger partial charge on any atom is 0.270 e. The Bertz CT molecular complexity index is 1060. The lowest BCUT2D eigenvalue weighted by Gasteiger charge is -2.23. The number of hydrogen-bond donors (Lipinski definition) is 2. The van der Waals surface area contributed by atoms with Crippen LogP contribution in [-0.4, -0.2) is 22.8 Å². The van der Waals surface area contributed by atoms with Crippen LogP contribution in [0.15, 0.2) is 71.3 Å². The van der Waals surface area contributed by atoms with Gasteiger partial charge in [-0.05, 0) is 58.7 Å². The summed E-state index contributed by atoms with van der Waals surface area (Å²) in [6, 6.07) is 14.6. The predicted molar refractivity (Wildman–Crippen MR) is 117 cm³/mol. The summed E-state index contributed by atoms with van der Waals surface area (Å²) in [7, 11) is 0. The third-order valence-corrected chi connectivity index (χ3v) is 5.09. The van der Waals surface area contributed by atoms with Gasteiger partial charge in [0.1, 0.15) is 17.6 Å². The van der Waals surface area contributed by atoms with E-state index in [4.69, 9.17) is 11.6 Å². The highest BCUT2D eigenvalue weighted by molar-refractivity contribution is 9.10. The fourth-order valence-corrected chi connectivity index (χ4v) is 3.28. The van der Waals surface area contributed by atoms with E-state index in [-0.39, 0.29) is 5.69 Å². The average molecular weight is 491 g/mol. The molecule has 0 aliphatic heterocycles. The molecule has 0 aliphatic carbocycles. The van der Waals surface area contributed by atoms with Gasteiger partial charge in [-0.1, -0.05) is 41.9 Å². The largest absolute Gasteiger partial charge is 0.343 e. The number of carbonyl (C=O) groups excluding carboxylic acids is 2. The normalized spacial score (nSPS) is 12.7. The lowest BCUT2D eigenvalue weighted by molar-refractivity contribution is -0.123. The van der Waals surface area contributed by atoms with Crippen LogP contribution in [0, 0.1) is 5.82 Å². The number of aromatic nitrogens is 1. The molecule has 3 aromatic rings. The van der Waals surface area contributed by atoms with Crippen molar-refractivity contribution < 1.29 is 14.0 Å². The molecule has 154 valence electrons. The van der Waals surface area contributed by atoms with Crippen LogP contribution in [0.4, 0.5) is 4.39 Å². The molecule has 1 heterocycles. The topological polar surface area (TPSA) is 71.1 Å². The minimum absolute atomic E-state index is 0.179. The van der Waals surface area contributed by atoms with Crippen LogP contribution < -0.4 is 10.6 Å². The molecular weight excluding hydrogens is 473 g/mol. The molecule has 0 saturated carbocycles. The predicted octanol–water partition coefficient (Wildman–Crippen LogP) is 4.66. The summed E-state index contributed by atoms with van der Waals surface area (Å²) in [5.41, 5.74) is 1.09. The van der Waals surface area contributed by atoms with Crippen molar-refractivity contribution in [3.05, 3.63) is 99.0 Å². The second kappa shape index (κ2) is 9.82. The van der Waals surface area contributed by atoms with E-state index in [1.54, 1.807) is 55.5 Å². The van der Waals surface area contributed by atoms with Gasteiger partial charge < -0.3 is 10.6 Å². The van der Waals surface area contributed by atoms with Crippen LogP contribution in [0.25, 0.3) is 0 Å². The molecule has 0 fully saturated rings. The molecule has 1 aromatic heterocycles. The summed E-state index contributed by atoms with van der Waals surface area (Å²) in [6.07, 6.45) is 1.49. The van der Waals surface area contributed by atoms with Crippen LogP contribution in [0.1, 0.15) is 34.6 Å². The zero-order chi connectivity index (χ0) is 21.7. The summed E-state index contributed by atoms with van der Waals surface area (Å²) in [5.74, 6) is -1.43. The van der Waals surface area contributed by atoms with Crippen LogP contribution in [0.3, 0.4) is 0 Å². The molecule has 30 heavy (non-hydrogen) atoms. The maximum atomic E-state index is 14.5. The van der Waals surface area contributed by atoms with Gasteiger partial charge >= 0.3 is 0 Å². The highest BCUT2D eigenvalue weighted by Gasteiger charge is 2.24. The highest BCUT2D eigenvalue weighted by atomic mass is 79.9. The number of halogens is 3. The first-order chi connectivity index (χ1) is 14.3. The van der Waals surface area contributed by atoms with E-state index in [1.165, 1.54) is 18.3 Å². The number of hydrogen-bond acceptors (Lipinski definition) is 3. The summed E-state index contributed by atoms with van der Waals surface area (Å²) in [5, 5.41) is 5.87. The fourth-order valence-electron chi connectivity index (χ4n) is 2.85. The smallest absolute Gasteiger partial charge is 0.270 e. The Morgan fingerprint density at radius 1 is 1.07 bits per heavy atom. The van der Waals surface area contributed by atoms with E-state index >= 15 is 0 Å². The van der Waals surface area contributed by atoms with Gasteiger partial charge in [0.15, 0.2) is 0 Å². The maximum absolute atomic E-state index is 14.5. The molecule has 5 nitrogen and oxygen atoms in total. The second-order valence-electron chi connectivity index (χ2n) is 6.57. The lowest BCUT2D eigenvalue weighted by Crippen LogP contribution is -2.46. The Labute approximate surface area is 186 Å². The van der Waals surface area contributed by atoms with Crippen LogP contribution in [0.2, 0.25) is 5.02 Å². The van der Waals surface area contributed by atoms with Crippen LogP contribution in [0.5, 0.6) is 0 Å². The number of rotatable bonds is 6. The Morgan fingerprint density at radius 2 is 1.83 bits per heavy atom. The molecule has 2 amide bonds. The number of nitrogens with zero attached hydrogens (tertiary/aromatic N) is 1. The molecule has 2 N–H and O–H groups in total. The molecular formula is C22H18BrClFN3O2. The van der Waals surface area contributed by atoms with Crippen molar-refractivity contribution in [2.24, 2.45) is 0 Å². The standard InChI is InChI=1S/C22H18BrClFN3O2/c1-13(27-22(30)19-10-9-15(23)12-26-19)21(29)28-20(14-5-4-6-16(24)11-14)17-7-2-3-8-18(17)25/h2-13,20H,1H3,(H,27,30)(H,28,29)/t13-,20?/m1/s1. The summed E-state index contributed by atoms with van der Waals surface area (Å²) in [4.78, 5) is 29.2. The van der Waals surface area contributed by atoms with Gasteiger partial charge in [0, 0.05) is 21.3 Å².